The van der Waals surface area contributed by atoms with Crippen LogP contribution in [0.25, 0.3) is 0 Å². The molecule has 2 fully saturated rings. The largest absolute Gasteiger partial charge is 0.339 e. The molecule has 0 aliphatic carbocycles. The van der Waals surface area contributed by atoms with E-state index in [2.05, 4.69) is 18.8 Å². The second kappa shape index (κ2) is 7.02. The first-order chi connectivity index (χ1) is 11.9. The maximum Gasteiger partial charge on any atom is 0.260 e. The van der Waals surface area contributed by atoms with Crippen molar-refractivity contribution in [2.45, 2.75) is 46.1 Å². The van der Waals surface area contributed by atoms with Gasteiger partial charge >= 0.3 is 0 Å². The third-order valence-electron chi connectivity index (χ3n) is 5.28. The summed E-state index contributed by atoms with van der Waals surface area (Å²) in [6.45, 7) is 8.04. The number of rotatable bonds is 3. The number of piperidine rings is 2. The van der Waals surface area contributed by atoms with Crippen LogP contribution in [0, 0.1) is 18.8 Å². The molecule has 25 heavy (non-hydrogen) atoms. The summed E-state index contributed by atoms with van der Waals surface area (Å²) in [7, 11) is 0. The molecule has 2 amide bonds. The normalized spacial score (nSPS) is 23.8. The number of pyridine rings is 1. The minimum Gasteiger partial charge on any atom is -0.339 e. The van der Waals surface area contributed by atoms with E-state index < -0.39 is 0 Å². The van der Waals surface area contributed by atoms with Crippen LogP contribution in [0.1, 0.15) is 49.2 Å². The molecular formula is C19H27N3O3. The highest BCUT2D eigenvalue weighted by Crippen LogP contribution is 2.32. The Morgan fingerprint density at radius 3 is 2.72 bits per heavy atom. The van der Waals surface area contributed by atoms with Crippen LogP contribution >= 0.6 is 0 Å². The Labute approximate surface area is 148 Å². The van der Waals surface area contributed by atoms with Gasteiger partial charge < -0.3 is 14.8 Å². The van der Waals surface area contributed by atoms with E-state index in [1.54, 1.807) is 24.0 Å². The van der Waals surface area contributed by atoms with Crippen LogP contribution in [0.5, 0.6) is 0 Å². The minimum atomic E-state index is -0.327. The summed E-state index contributed by atoms with van der Waals surface area (Å²) < 4.78 is 0. The van der Waals surface area contributed by atoms with Gasteiger partial charge in [-0.3, -0.25) is 14.4 Å². The number of nitrogens with zero attached hydrogens (tertiary/aromatic N) is 2. The van der Waals surface area contributed by atoms with Crippen LogP contribution in [0.15, 0.2) is 16.9 Å². The Balaban J connectivity index is 1.74. The number of H-pyrrole nitrogens is 1. The van der Waals surface area contributed by atoms with Gasteiger partial charge in [-0.15, -0.1) is 0 Å². The van der Waals surface area contributed by atoms with Crippen molar-refractivity contribution >= 4 is 11.8 Å². The highest BCUT2D eigenvalue weighted by atomic mass is 16.2. The quantitative estimate of drug-likeness (QED) is 0.908. The summed E-state index contributed by atoms with van der Waals surface area (Å²) >= 11 is 0. The van der Waals surface area contributed by atoms with Crippen molar-refractivity contribution in [1.82, 2.24) is 14.8 Å². The van der Waals surface area contributed by atoms with Crippen LogP contribution in [-0.2, 0) is 4.79 Å². The first-order valence-electron chi connectivity index (χ1n) is 9.15. The van der Waals surface area contributed by atoms with Gasteiger partial charge in [0.1, 0.15) is 5.56 Å². The molecule has 3 heterocycles. The Morgan fingerprint density at radius 1 is 1.28 bits per heavy atom. The Kier molecular flexibility index (Phi) is 4.97. The van der Waals surface area contributed by atoms with E-state index in [9.17, 15) is 14.4 Å². The fraction of sp³-hybridized carbons (Fsp3) is 0.632. The third-order valence-corrected chi connectivity index (χ3v) is 5.28. The first-order valence-corrected chi connectivity index (χ1v) is 9.15. The lowest BCUT2D eigenvalue weighted by Crippen LogP contribution is -2.57. The summed E-state index contributed by atoms with van der Waals surface area (Å²) in [6.07, 6.45) is 2.17. The standard InChI is InChI=1S/C19H27N3O3/c1-12(2)10-22-16-8-9-21(11-14(16)5-7-17(22)23)19(25)15-6-4-13(3)20-18(15)24/h4,6,12,14,16H,5,7-11H2,1-3H3,(H,20,24)/t14-,16+/m0/s1. The topological polar surface area (TPSA) is 73.5 Å². The average molecular weight is 345 g/mol. The zero-order valence-electron chi connectivity index (χ0n) is 15.2. The number of hydrogen-bond donors (Lipinski definition) is 1. The highest BCUT2D eigenvalue weighted by Gasteiger charge is 2.40. The molecule has 2 aliphatic rings. The summed E-state index contributed by atoms with van der Waals surface area (Å²) in [5, 5.41) is 0. The van der Waals surface area contributed by atoms with Gasteiger partial charge in [-0.05, 0) is 43.7 Å². The molecule has 0 spiro atoms. The van der Waals surface area contributed by atoms with Crippen molar-refractivity contribution in [3.05, 3.63) is 33.7 Å². The van der Waals surface area contributed by atoms with E-state index in [4.69, 9.17) is 0 Å². The van der Waals surface area contributed by atoms with E-state index >= 15 is 0 Å². The highest BCUT2D eigenvalue weighted by molar-refractivity contribution is 5.94. The van der Waals surface area contributed by atoms with Gasteiger partial charge in [0.25, 0.3) is 11.5 Å². The molecule has 0 aromatic carbocycles. The molecule has 1 aromatic heterocycles. The number of carbonyl (C=O) groups is 2. The van der Waals surface area contributed by atoms with Crippen molar-refractivity contribution in [2.75, 3.05) is 19.6 Å². The number of nitrogens with one attached hydrogen (secondary N) is 1. The van der Waals surface area contributed by atoms with Crippen LogP contribution < -0.4 is 5.56 Å². The lowest BCUT2D eigenvalue weighted by molar-refractivity contribution is -0.141. The lowest BCUT2D eigenvalue weighted by atomic mass is 9.83. The van der Waals surface area contributed by atoms with Crippen LogP contribution in [-0.4, -0.2) is 52.3 Å². The summed E-state index contributed by atoms with van der Waals surface area (Å²) in [4.78, 5) is 43.6. The van der Waals surface area contributed by atoms with Crippen LogP contribution in [0.3, 0.4) is 0 Å². The van der Waals surface area contributed by atoms with Crippen molar-refractivity contribution in [2.24, 2.45) is 11.8 Å². The summed E-state index contributed by atoms with van der Waals surface area (Å²) in [5.41, 5.74) is 0.623. The van der Waals surface area contributed by atoms with Crippen molar-refractivity contribution < 1.29 is 9.59 Å². The van der Waals surface area contributed by atoms with Crippen molar-refractivity contribution in [3.63, 3.8) is 0 Å². The zero-order chi connectivity index (χ0) is 18.1. The number of hydrogen-bond acceptors (Lipinski definition) is 3. The van der Waals surface area contributed by atoms with Gasteiger partial charge in [0.05, 0.1) is 0 Å². The Hall–Kier alpha value is -2.11. The number of carbonyl (C=O) groups excluding carboxylic acids is 2. The molecule has 2 atom stereocenters. The number of aromatic amines is 1. The Morgan fingerprint density at radius 2 is 2.04 bits per heavy atom. The van der Waals surface area contributed by atoms with E-state index in [1.165, 1.54) is 0 Å². The van der Waals surface area contributed by atoms with Gasteiger partial charge in [0.15, 0.2) is 0 Å². The monoisotopic (exact) mass is 345 g/mol. The van der Waals surface area contributed by atoms with Crippen LogP contribution in [0.4, 0.5) is 0 Å². The van der Waals surface area contributed by atoms with Gasteiger partial charge in [-0.25, -0.2) is 0 Å². The fourth-order valence-electron chi connectivity index (χ4n) is 4.08. The number of aryl methyl sites for hydroxylation is 1. The molecule has 136 valence electrons. The maximum atomic E-state index is 12.8. The SMILES string of the molecule is Cc1ccc(C(=O)N2CC[C@@H]3[C@@H](CCC(=O)N3CC(C)C)C2)c(=O)[nH]1. The molecule has 6 heteroatoms. The lowest BCUT2D eigenvalue weighted by Gasteiger charge is -2.47. The van der Waals surface area contributed by atoms with Crippen molar-refractivity contribution in [3.8, 4) is 0 Å². The molecule has 3 rings (SSSR count). The third kappa shape index (κ3) is 3.62. The van der Waals surface area contributed by atoms with E-state index in [1.807, 2.05) is 4.90 Å². The second-order valence-electron chi connectivity index (χ2n) is 7.73. The number of likely N-dealkylation sites (tertiary alicyclic amines) is 2. The summed E-state index contributed by atoms with van der Waals surface area (Å²) in [6, 6.07) is 3.59. The van der Waals surface area contributed by atoms with E-state index in [0.717, 1.165) is 25.1 Å². The van der Waals surface area contributed by atoms with Crippen molar-refractivity contribution in [1.29, 1.82) is 0 Å². The minimum absolute atomic E-state index is 0.202. The predicted octanol–water partition coefficient (Wildman–Crippen LogP) is 1.79. The summed E-state index contributed by atoms with van der Waals surface area (Å²) in [5.74, 6) is 0.781. The first kappa shape index (κ1) is 17.7. The Bertz CT molecular complexity index is 725. The molecule has 6 nitrogen and oxygen atoms in total. The number of amides is 2. The molecule has 2 aliphatic heterocycles. The predicted molar refractivity (Wildman–Crippen MR) is 95.4 cm³/mol. The molecule has 0 bridgehead atoms. The van der Waals surface area contributed by atoms with Crippen LogP contribution in [0.2, 0.25) is 0 Å². The zero-order valence-corrected chi connectivity index (χ0v) is 15.2. The smallest absolute Gasteiger partial charge is 0.260 e. The molecule has 0 saturated carbocycles. The molecular weight excluding hydrogens is 318 g/mol. The number of aromatic nitrogens is 1. The fourth-order valence-corrected chi connectivity index (χ4v) is 4.08. The molecule has 1 N–H and O–H groups in total. The second-order valence-corrected chi connectivity index (χ2v) is 7.73. The average Bonchev–Trinajstić information content (AvgIpc) is 2.56. The molecule has 0 unspecified atom stereocenters. The molecule has 0 radical (unpaired) electrons. The van der Waals surface area contributed by atoms with Gasteiger partial charge in [0, 0.05) is 37.8 Å². The maximum absolute atomic E-state index is 12.8. The van der Waals surface area contributed by atoms with E-state index in [0.29, 0.717) is 31.3 Å². The molecule has 2 saturated heterocycles. The van der Waals surface area contributed by atoms with E-state index in [-0.39, 0.29) is 29.0 Å². The van der Waals surface area contributed by atoms with Gasteiger partial charge in [0.2, 0.25) is 5.91 Å². The number of fused-ring (bicyclic) bond motifs is 1. The van der Waals surface area contributed by atoms with Gasteiger partial charge in [-0.2, -0.15) is 0 Å². The molecule has 1 aromatic rings. The van der Waals surface area contributed by atoms with Gasteiger partial charge in [-0.1, -0.05) is 13.8 Å².